The summed E-state index contributed by atoms with van der Waals surface area (Å²) in [6.07, 6.45) is 1.54. The van der Waals surface area contributed by atoms with E-state index in [9.17, 15) is 0 Å². The average molecular weight is 478 g/mol. The quantitative estimate of drug-likeness (QED) is 0.272. The van der Waals surface area contributed by atoms with Crippen molar-refractivity contribution in [2.45, 2.75) is 32.5 Å². The summed E-state index contributed by atoms with van der Waals surface area (Å²) in [6.45, 7) is 7.85. The van der Waals surface area contributed by atoms with Gasteiger partial charge < -0.3 is 25.3 Å². The first kappa shape index (κ1) is 22.8. The molecule has 0 saturated carbocycles. The van der Waals surface area contributed by atoms with Gasteiger partial charge in [-0.05, 0) is 32.4 Å². The maximum atomic E-state index is 5.99. The van der Waals surface area contributed by atoms with Crippen molar-refractivity contribution in [3.8, 4) is 11.5 Å². The molecule has 8 heteroatoms. The predicted molar refractivity (Wildman–Crippen MR) is 116 cm³/mol. The number of morpholine rings is 1. The summed E-state index contributed by atoms with van der Waals surface area (Å²) in [6, 6.07) is 5.49. The van der Waals surface area contributed by atoms with E-state index in [2.05, 4.69) is 29.1 Å². The van der Waals surface area contributed by atoms with E-state index in [0.717, 1.165) is 37.5 Å². The van der Waals surface area contributed by atoms with Crippen LogP contribution in [0.4, 0.5) is 5.69 Å². The normalized spacial score (nSPS) is 21.0. The number of benzene rings is 1. The van der Waals surface area contributed by atoms with Gasteiger partial charge in [0.15, 0.2) is 5.96 Å². The van der Waals surface area contributed by atoms with Gasteiger partial charge in [0.2, 0.25) is 0 Å². The molecule has 0 spiro atoms. The number of methoxy groups -OCH3 is 2. The van der Waals surface area contributed by atoms with Crippen molar-refractivity contribution in [1.29, 1.82) is 0 Å². The molecule has 1 fully saturated rings. The monoisotopic (exact) mass is 478 g/mol. The molecular weight excluding hydrogens is 447 g/mol. The van der Waals surface area contributed by atoms with Gasteiger partial charge in [-0.15, -0.1) is 24.0 Å². The third-order valence-electron chi connectivity index (χ3n) is 4.08. The highest BCUT2D eigenvalue weighted by atomic mass is 127. The molecule has 1 heterocycles. The second-order valence-corrected chi connectivity index (χ2v) is 6.33. The first-order valence-corrected chi connectivity index (χ1v) is 8.68. The lowest BCUT2D eigenvalue weighted by Gasteiger charge is -2.35. The Morgan fingerprint density at radius 2 is 1.96 bits per heavy atom. The van der Waals surface area contributed by atoms with E-state index in [0.29, 0.717) is 30.5 Å². The van der Waals surface area contributed by atoms with Gasteiger partial charge in [0.05, 0.1) is 32.1 Å². The number of halogens is 1. The number of rotatable bonds is 7. The highest BCUT2D eigenvalue weighted by Gasteiger charge is 2.21. The molecule has 0 aromatic heterocycles. The molecule has 0 bridgehead atoms. The minimum Gasteiger partial charge on any atom is -0.497 e. The minimum atomic E-state index is 0. The zero-order valence-corrected chi connectivity index (χ0v) is 18.4. The van der Waals surface area contributed by atoms with Crippen molar-refractivity contribution >= 4 is 35.6 Å². The molecule has 2 unspecified atom stereocenters. The van der Waals surface area contributed by atoms with Gasteiger partial charge in [-0.2, -0.15) is 0 Å². The fourth-order valence-electron chi connectivity index (χ4n) is 3.05. The number of nitrogens with one attached hydrogen (secondary N) is 1. The number of hydrogen-bond acceptors (Lipinski definition) is 5. The van der Waals surface area contributed by atoms with Crippen LogP contribution in [0, 0.1) is 0 Å². The van der Waals surface area contributed by atoms with E-state index < -0.39 is 0 Å². The molecule has 0 aliphatic carbocycles. The molecule has 2 atom stereocenters. The molecular formula is C18H31IN4O3. The fourth-order valence-corrected chi connectivity index (χ4v) is 3.05. The predicted octanol–water partition coefficient (Wildman–Crippen LogP) is 2.55. The second kappa shape index (κ2) is 11.5. The van der Waals surface area contributed by atoms with Gasteiger partial charge in [-0.1, -0.05) is 0 Å². The summed E-state index contributed by atoms with van der Waals surface area (Å²) in [5.74, 6) is 1.79. The van der Waals surface area contributed by atoms with E-state index in [-0.39, 0.29) is 24.0 Å². The van der Waals surface area contributed by atoms with Crippen molar-refractivity contribution in [1.82, 2.24) is 4.90 Å². The lowest BCUT2D eigenvalue weighted by Crippen LogP contribution is -2.45. The Morgan fingerprint density at radius 1 is 1.27 bits per heavy atom. The molecule has 1 aliphatic rings. The zero-order valence-electron chi connectivity index (χ0n) is 16.0. The van der Waals surface area contributed by atoms with Crippen molar-refractivity contribution in [2.75, 3.05) is 45.7 Å². The number of guanidine groups is 1. The van der Waals surface area contributed by atoms with Crippen LogP contribution in [0.1, 0.15) is 20.3 Å². The molecule has 1 saturated heterocycles. The van der Waals surface area contributed by atoms with Crippen molar-refractivity contribution in [3.63, 3.8) is 0 Å². The van der Waals surface area contributed by atoms with Gasteiger partial charge in [0.1, 0.15) is 11.5 Å². The van der Waals surface area contributed by atoms with Crippen LogP contribution < -0.4 is 20.5 Å². The maximum absolute atomic E-state index is 5.99. The molecule has 1 aromatic carbocycles. The zero-order chi connectivity index (χ0) is 18.2. The summed E-state index contributed by atoms with van der Waals surface area (Å²) in [5.41, 5.74) is 6.73. The molecule has 7 nitrogen and oxygen atoms in total. The number of aliphatic imine (C=N–C) groups is 1. The van der Waals surface area contributed by atoms with E-state index in [1.165, 1.54) is 0 Å². The summed E-state index contributed by atoms with van der Waals surface area (Å²) in [5, 5.41) is 3.08. The lowest BCUT2D eigenvalue weighted by atomic mass is 10.2. The lowest BCUT2D eigenvalue weighted by molar-refractivity contribution is -0.0679. The molecule has 1 aromatic rings. The summed E-state index contributed by atoms with van der Waals surface area (Å²) >= 11 is 0. The second-order valence-electron chi connectivity index (χ2n) is 6.33. The number of nitrogens with two attached hydrogens (primary N) is 1. The molecule has 148 valence electrons. The largest absolute Gasteiger partial charge is 0.497 e. The number of anilines is 1. The van der Waals surface area contributed by atoms with Crippen LogP contribution >= 0.6 is 24.0 Å². The van der Waals surface area contributed by atoms with E-state index >= 15 is 0 Å². The average Bonchev–Trinajstić information content (AvgIpc) is 2.58. The number of hydrogen-bond donors (Lipinski definition) is 2. The number of nitrogens with zero attached hydrogens (tertiary/aromatic N) is 2. The van der Waals surface area contributed by atoms with Crippen LogP contribution in [0.25, 0.3) is 0 Å². The van der Waals surface area contributed by atoms with Crippen molar-refractivity contribution < 1.29 is 14.2 Å². The maximum Gasteiger partial charge on any atom is 0.193 e. The Morgan fingerprint density at radius 3 is 2.58 bits per heavy atom. The Balaban J connectivity index is 0.00000338. The minimum absolute atomic E-state index is 0. The summed E-state index contributed by atoms with van der Waals surface area (Å²) in [7, 11) is 3.24. The Hall–Kier alpha value is -1.26. The van der Waals surface area contributed by atoms with Gasteiger partial charge in [0.25, 0.3) is 0 Å². The summed E-state index contributed by atoms with van der Waals surface area (Å²) < 4.78 is 16.3. The third kappa shape index (κ3) is 7.16. The third-order valence-corrected chi connectivity index (χ3v) is 4.08. The van der Waals surface area contributed by atoms with Crippen molar-refractivity contribution in [3.05, 3.63) is 18.2 Å². The standard InChI is InChI=1S/C18H30N4O3.HI/c1-13-11-22(12-14(2)25-13)9-5-8-20-18(19)21-16-10-15(23-3)6-7-17(16)24-4;/h6-7,10,13-14H,5,8-9,11-12H2,1-4H3,(H3,19,20,21);1H. The van der Waals surface area contributed by atoms with Crippen LogP contribution in [-0.4, -0.2) is 63.5 Å². The molecule has 2 rings (SSSR count). The summed E-state index contributed by atoms with van der Waals surface area (Å²) in [4.78, 5) is 6.82. The van der Waals surface area contributed by atoms with E-state index in [4.69, 9.17) is 19.9 Å². The number of ether oxygens (including phenoxy) is 3. The topological polar surface area (TPSA) is 81.3 Å². The molecule has 0 amide bonds. The van der Waals surface area contributed by atoms with Gasteiger partial charge in [-0.25, -0.2) is 0 Å². The van der Waals surface area contributed by atoms with Crippen LogP contribution in [0.15, 0.2) is 23.2 Å². The fraction of sp³-hybridized carbons (Fsp3) is 0.611. The Labute approximate surface area is 173 Å². The van der Waals surface area contributed by atoms with Gasteiger partial charge in [-0.3, -0.25) is 9.89 Å². The SMILES string of the molecule is COc1ccc(OC)c(NC(N)=NCCCN2CC(C)OC(C)C2)c1.I. The Bertz CT molecular complexity index is 576. The molecule has 3 N–H and O–H groups in total. The first-order valence-electron chi connectivity index (χ1n) is 8.68. The highest BCUT2D eigenvalue weighted by molar-refractivity contribution is 14.0. The molecule has 26 heavy (non-hydrogen) atoms. The van der Waals surface area contributed by atoms with Crippen LogP contribution in [-0.2, 0) is 4.74 Å². The Kier molecular flexibility index (Phi) is 10.0. The van der Waals surface area contributed by atoms with Crippen LogP contribution in [0.3, 0.4) is 0 Å². The molecule has 0 radical (unpaired) electrons. The van der Waals surface area contributed by atoms with Crippen molar-refractivity contribution in [2.24, 2.45) is 10.7 Å². The molecule has 1 aliphatic heterocycles. The first-order chi connectivity index (χ1) is 12.0. The van der Waals surface area contributed by atoms with E-state index in [1.54, 1.807) is 14.2 Å². The van der Waals surface area contributed by atoms with Gasteiger partial charge >= 0.3 is 0 Å². The smallest absolute Gasteiger partial charge is 0.193 e. The highest BCUT2D eigenvalue weighted by Crippen LogP contribution is 2.28. The van der Waals surface area contributed by atoms with E-state index in [1.807, 2.05) is 18.2 Å². The van der Waals surface area contributed by atoms with Crippen LogP contribution in [0.5, 0.6) is 11.5 Å². The van der Waals surface area contributed by atoms with Crippen LogP contribution in [0.2, 0.25) is 0 Å². The van der Waals surface area contributed by atoms with Gasteiger partial charge in [0, 0.05) is 32.2 Å².